The lowest BCUT2D eigenvalue weighted by Gasteiger charge is -2.12. The van der Waals surface area contributed by atoms with Gasteiger partial charge in [0.2, 0.25) is 5.88 Å². The maximum Gasteiger partial charge on any atom is 0.213 e. The van der Waals surface area contributed by atoms with E-state index >= 15 is 0 Å². The van der Waals surface area contributed by atoms with Crippen LogP contribution in [0.1, 0.15) is 19.4 Å². The number of hydrogen-bond donors (Lipinski definition) is 2. The third kappa shape index (κ3) is 8.71. The number of pyridine rings is 1. The molecule has 0 aliphatic rings. The van der Waals surface area contributed by atoms with Crippen LogP contribution in [0.2, 0.25) is 0 Å². The van der Waals surface area contributed by atoms with Gasteiger partial charge >= 0.3 is 0 Å². The summed E-state index contributed by atoms with van der Waals surface area (Å²) >= 11 is 0. The minimum Gasteiger partial charge on any atom is -0.475 e. The SMILES string of the molecule is CN=C(NCCOC)NCc1ccc(OC(C)C)nc1.I. The van der Waals surface area contributed by atoms with Crippen molar-refractivity contribution in [1.82, 2.24) is 15.6 Å². The van der Waals surface area contributed by atoms with Crippen molar-refractivity contribution in [2.75, 3.05) is 27.3 Å². The molecule has 1 aromatic heterocycles. The standard InChI is InChI=1S/C14H24N4O2.HI/c1-11(2)20-13-6-5-12(9-17-13)10-18-14(15-3)16-7-8-19-4;/h5-6,9,11H,7-8,10H2,1-4H3,(H2,15,16,18);1H. The monoisotopic (exact) mass is 408 g/mol. The zero-order valence-corrected chi connectivity index (χ0v) is 15.4. The van der Waals surface area contributed by atoms with Crippen molar-refractivity contribution in [3.8, 4) is 5.88 Å². The Hall–Kier alpha value is -1.09. The van der Waals surface area contributed by atoms with Crippen LogP contribution >= 0.6 is 24.0 Å². The maximum atomic E-state index is 5.50. The Balaban J connectivity index is 0.00000400. The van der Waals surface area contributed by atoms with Crippen molar-refractivity contribution in [2.45, 2.75) is 26.5 Å². The van der Waals surface area contributed by atoms with Crippen LogP contribution in [0.25, 0.3) is 0 Å². The molecule has 0 aliphatic carbocycles. The highest BCUT2D eigenvalue weighted by Gasteiger charge is 2.01. The van der Waals surface area contributed by atoms with Gasteiger partial charge < -0.3 is 20.1 Å². The molecule has 0 fully saturated rings. The number of aliphatic imine (C=N–C) groups is 1. The molecule has 120 valence electrons. The fraction of sp³-hybridized carbons (Fsp3) is 0.571. The second-order valence-corrected chi connectivity index (χ2v) is 4.52. The van der Waals surface area contributed by atoms with E-state index in [1.54, 1.807) is 20.4 Å². The molecule has 0 aromatic carbocycles. The fourth-order valence-corrected chi connectivity index (χ4v) is 1.50. The Kier molecular flexibility index (Phi) is 11.0. The minimum absolute atomic E-state index is 0. The molecule has 0 unspecified atom stereocenters. The van der Waals surface area contributed by atoms with E-state index in [9.17, 15) is 0 Å². The molecular formula is C14H25IN4O2. The highest BCUT2D eigenvalue weighted by Crippen LogP contribution is 2.09. The summed E-state index contributed by atoms with van der Waals surface area (Å²) in [6, 6.07) is 3.86. The summed E-state index contributed by atoms with van der Waals surface area (Å²) < 4.78 is 10.5. The minimum atomic E-state index is 0. The van der Waals surface area contributed by atoms with Crippen LogP contribution in [0.3, 0.4) is 0 Å². The maximum absolute atomic E-state index is 5.50. The molecule has 2 N–H and O–H groups in total. The van der Waals surface area contributed by atoms with Crippen molar-refractivity contribution < 1.29 is 9.47 Å². The summed E-state index contributed by atoms with van der Waals surface area (Å²) in [6.45, 7) is 5.97. The Morgan fingerprint density at radius 3 is 2.62 bits per heavy atom. The molecule has 1 aromatic rings. The highest BCUT2D eigenvalue weighted by atomic mass is 127. The Morgan fingerprint density at radius 2 is 2.10 bits per heavy atom. The molecule has 6 nitrogen and oxygen atoms in total. The van der Waals surface area contributed by atoms with Gasteiger partial charge in [-0.15, -0.1) is 24.0 Å². The zero-order chi connectivity index (χ0) is 14.8. The first-order valence-electron chi connectivity index (χ1n) is 6.70. The Morgan fingerprint density at radius 1 is 1.33 bits per heavy atom. The average molecular weight is 408 g/mol. The summed E-state index contributed by atoms with van der Waals surface area (Å²) in [5.41, 5.74) is 1.07. The lowest BCUT2D eigenvalue weighted by atomic mass is 10.3. The fourth-order valence-electron chi connectivity index (χ4n) is 1.50. The highest BCUT2D eigenvalue weighted by molar-refractivity contribution is 14.0. The first-order chi connectivity index (χ1) is 9.65. The number of guanidine groups is 1. The van der Waals surface area contributed by atoms with Gasteiger partial charge in [0.25, 0.3) is 0 Å². The number of ether oxygens (including phenoxy) is 2. The molecule has 0 radical (unpaired) electrons. The average Bonchev–Trinajstić information content (AvgIpc) is 2.43. The van der Waals surface area contributed by atoms with Gasteiger partial charge in [-0.2, -0.15) is 0 Å². The third-order valence-corrected chi connectivity index (χ3v) is 2.44. The number of hydrogen-bond acceptors (Lipinski definition) is 4. The molecule has 0 amide bonds. The van der Waals surface area contributed by atoms with Gasteiger partial charge in [-0.3, -0.25) is 4.99 Å². The molecule has 0 atom stereocenters. The van der Waals surface area contributed by atoms with E-state index in [1.807, 2.05) is 26.0 Å². The summed E-state index contributed by atoms with van der Waals surface area (Å²) in [5, 5.41) is 6.35. The first kappa shape index (κ1) is 19.9. The molecule has 1 heterocycles. The number of aromatic nitrogens is 1. The number of rotatable bonds is 7. The predicted octanol–water partition coefficient (Wildman–Crippen LogP) is 1.80. The van der Waals surface area contributed by atoms with E-state index in [4.69, 9.17) is 9.47 Å². The second-order valence-electron chi connectivity index (χ2n) is 4.52. The van der Waals surface area contributed by atoms with E-state index in [-0.39, 0.29) is 30.1 Å². The predicted molar refractivity (Wildman–Crippen MR) is 95.5 cm³/mol. The van der Waals surface area contributed by atoms with Crippen molar-refractivity contribution >= 4 is 29.9 Å². The Labute approximate surface area is 143 Å². The molecule has 7 heteroatoms. The molecule has 1 rings (SSSR count). The van der Waals surface area contributed by atoms with Crippen LogP contribution in [0, 0.1) is 0 Å². The van der Waals surface area contributed by atoms with Crippen molar-refractivity contribution in [1.29, 1.82) is 0 Å². The van der Waals surface area contributed by atoms with E-state index in [0.717, 1.165) is 18.1 Å². The van der Waals surface area contributed by atoms with Crippen LogP contribution in [-0.2, 0) is 11.3 Å². The zero-order valence-electron chi connectivity index (χ0n) is 13.0. The molecule has 0 spiro atoms. The topological polar surface area (TPSA) is 67.8 Å². The van der Waals surface area contributed by atoms with Gasteiger partial charge in [-0.05, 0) is 19.4 Å². The van der Waals surface area contributed by atoms with Crippen LogP contribution in [0.15, 0.2) is 23.3 Å². The summed E-state index contributed by atoms with van der Waals surface area (Å²) in [7, 11) is 3.41. The summed E-state index contributed by atoms with van der Waals surface area (Å²) in [6.07, 6.45) is 1.93. The quantitative estimate of drug-likeness (QED) is 0.312. The largest absolute Gasteiger partial charge is 0.475 e. The number of nitrogens with zero attached hydrogens (tertiary/aromatic N) is 2. The van der Waals surface area contributed by atoms with Gasteiger partial charge in [-0.25, -0.2) is 4.98 Å². The smallest absolute Gasteiger partial charge is 0.213 e. The van der Waals surface area contributed by atoms with Gasteiger partial charge in [0.15, 0.2) is 5.96 Å². The molecular weight excluding hydrogens is 383 g/mol. The number of methoxy groups -OCH3 is 1. The van der Waals surface area contributed by atoms with Crippen molar-refractivity contribution in [3.63, 3.8) is 0 Å². The normalized spacial score (nSPS) is 11.0. The molecule has 21 heavy (non-hydrogen) atoms. The van der Waals surface area contributed by atoms with Gasteiger partial charge in [0.1, 0.15) is 0 Å². The second kappa shape index (κ2) is 11.6. The van der Waals surface area contributed by atoms with E-state index in [1.165, 1.54) is 0 Å². The van der Waals surface area contributed by atoms with Crippen LogP contribution < -0.4 is 15.4 Å². The van der Waals surface area contributed by atoms with Crippen molar-refractivity contribution in [3.05, 3.63) is 23.9 Å². The Bertz CT molecular complexity index is 410. The van der Waals surface area contributed by atoms with Crippen LogP contribution in [0.4, 0.5) is 0 Å². The lowest BCUT2D eigenvalue weighted by molar-refractivity contribution is 0.203. The molecule has 0 aliphatic heterocycles. The number of nitrogens with one attached hydrogen (secondary N) is 2. The van der Waals surface area contributed by atoms with Gasteiger partial charge in [0, 0.05) is 39.5 Å². The van der Waals surface area contributed by atoms with Gasteiger partial charge in [-0.1, -0.05) is 6.07 Å². The van der Waals surface area contributed by atoms with Crippen molar-refractivity contribution in [2.24, 2.45) is 4.99 Å². The summed E-state index contributed by atoms with van der Waals surface area (Å²) in [5.74, 6) is 1.39. The molecule has 0 bridgehead atoms. The van der Waals surface area contributed by atoms with Crippen LogP contribution in [-0.4, -0.2) is 44.4 Å². The van der Waals surface area contributed by atoms with E-state index < -0.39 is 0 Å². The number of halogens is 1. The van der Waals surface area contributed by atoms with Gasteiger partial charge in [0.05, 0.1) is 12.7 Å². The third-order valence-electron chi connectivity index (χ3n) is 2.44. The van der Waals surface area contributed by atoms with E-state index in [0.29, 0.717) is 19.0 Å². The molecule has 0 saturated carbocycles. The van der Waals surface area contributed by atoms with E-state index in [2.05, 4.69) is 20.6 Å². The summed E-state index contributed by atoms with van der Waals surface area (Å²) in [4.78, 5) is 8.38. The first-order valence-corrected chi connectivity index (χ1v) is 6.70. The molecule has 0 saturated heterocycles. The van der Waals surface area contributed by atoms with Crippen LogP contribution in [0.5, 0.6) is 5.88 Å². The lowest BCUT2D eigenvalue weighted by Crippen LogP contribution is -2.38.